The summed E-state index contributed by atoms with van der Waals surface area (Å²) < 4.78 is 11.2. The molecule has 3 N–H and O–H groups in total. The fraction of sp³-hybridized carbons (Fsp3) is 0.161. The van der Waals surface area contributed by atoms with E-state index in [1.807, 2.05) is 54.6 Å². The maximum atomic E-state index is 12.6. The van der Waals surface area contributed by atoms with Gasteiger partial charge < -0.3 is 30.0 Å². The van der Waals surface area contributed by atoms with Crippen LogP contribution in [0.4, 0.5) is 27.7 Å². The van der Waals surface area contributed by atoms with Gasteiger partial charge in [0.1, 0.15) is 11.6 Å². The third-order valence-corrected chi connectivity index (χ3v) is 6.66. The van der Waals surface area contributed by atoms with Crippen LogP contribution in [0.5, 0.6) is 0 Å². The Morgan fingerprint density at radius 3 is 2.05 bits per heavy atom. The number of urea groups is 1. The van der Waals surface area contributed by atoms with Gasteiger partial charge >= 0.3 is 6.03 Å². The first-order chi connectivity index (χ1) is 20.0. The fourth-order valence-electron chi connectivity index (χ4n) is 4.69. The molecule has 41 heavy (non-hydrogen) atoms. The van der Waals surface area contributed by atoms with Gasteiger partial charge in [0.2, 0.25) is 5.91 Å². The molecule has 0 saturated carbocycles. The molecule has 1 aliphatic rings. The van der Waals surface area contributed by atoms with Gasteiger partial charge in [0, 0.05) is 53.6 Å². The van der Waals surface area contributed by atoms with E-state index in [-0.39, 0.29) is 11.9 Å². The lowest BCUT2D eigenvalue weighted by atomic mass is 10.1. The Balaban J connectivity index is 1.23. The summed E-state index contributed by atoms with van der Waals surface area (Å²) in [6.45, 7) is 4.23. The van der Waals surface area contributed by atoms with Crippen molar-refractivity contribution in [3.63, 3.8) is 0 Å². The van der Waals surface area contributed by atoms with Crippen molar-refractivity contribution >= 4 is 45.7 Å². The normalized spacial score (nSPS) is 13.1. The number of anilines is 4. The van der Waals surface area contributed by atoms with E-state index in [0.717, 1.165) is 46.7 Å². The average Bonchev–Trinajstić information content (AvgIpc) is 3.53. The van der Waals surface area contributed by atoms with Crippen molar-refractivity contribution in [3.05, 3.63) is 85.1 Å². The summed E-state index contributed by atoms with van der Waals surface area (Å²) in [6, 6.07) is 23.8. The van der Waals surface area contributed by atoms with E-state index < -0.39 is 0 Å². The molecule has 10 heteroatoms. The molecule has 0 radical (unpaired) electrons. The number of ether oxygens (including phenoxy) is 1. The summed E-state index contributed by atoms with van der Waals surface area (Å²) in [5.74, 6) is 2.07. The van der Waals surface area contributed by atoms with Gasteiger partial charge in [-0.1, -0.05) is 6.07 Å². The maximum Gasteiger partial charge on any atom is 0.323 e. The van der Waals surface area contributed by atoms with E-state index in [4.69, 9.17) is 19.1 Å². The number of rotatable bonds is 6. The number of hydrogen-bond donors (Lipinski definition) is 3. The molecule has 0 aliphatic carbocycles. The van der Waals surface area contributed by atoms with E-state index in [1.54, 1.807) is 30.5 Å². The van der Waals surface area contributed by atoms with Crippen LogP contribution in [-0.2, 0) is 9.53 Å². The molecule has 1 saturated heterocycles. The Labute approximate surface area is 236 Å². The van der Waals surface area contributed by atoms with E-state index in [2.05, 4.69) is 20.9 Å². The van der Waals surface area contributed by atoms with Crippen LogP contribution in [0.15, 0.2) is 89.5 Å². The van der Waals surface area contributed by atoms with Crippen LogP contribution in [-0.4, -0.2) is 48.2 Å². The minimum Gasteiger partial charge on any atom is -0.464 e. The third kappa shape index (κ3) is 6.02. The molecule has 10 nitrogen and oxygen atoms in total. The molecule has 1 fully saturated rings. The van der Waals surface area contributed by atoms with Gasteiger partial charge in [0.05, 0.1) is 25.0 Å². The number of fused-ring (bicyclic) bond motifs is 1. The van der Waals surface area contributed by atoms with Gasteiger partial charge in [-0.05, 0) is 72.8 Å². The highest BCUT2D eigenvalue weighted by Crippen LogP contribution is 2.32. The SMILES string of the molecule is CC(=O)Nc1ccc(NC(=O)Nc2ccc(-c3nc(N4CCOCC4)c4ccc(-c5ccco5)cc4n3)cc2)cc1. The number of nitrogens with one attached hydrogen (secondary N) is 3. The topological polar surface area (TPSA) is 122 Å². The molecule has 3 amide bonds. The van der Waals surface area contributed by atoms with Gasteiger partial charge in [-0.25, -0.2) is 14.8 Å². The lowest BCUT2D eigenvalue weighted by Gasteiger charge is -2.29. The number of hydrogen-bond acceptors (Lipinski definition) is 7. The zero-order valence-corrected chi connectivity index (χ0v) is 22.4. The Morgan fingerprint density at radius 2 is 1.41 bits per heavy atom. The predicted octanol–water partition coefficient (Wildman–Crippen LogP) is 6.00. The minimum atomic E-state index is -0.382. The number of carbonyl (C=O) groups excluding carboxylic acids is 2. The van der Waals surface area contributed by atoms with Gasteiger partial charge in [0.15, 0.2) is 5.82 Å². The second kappa shape index (κ2) is 11.5. The first-order valence-corrected chi connectivity index (χ1v) is 13.3. The Morgan fingerprint density at radius 1 is 0.780 bits per heavy atom. The molecule has 0 bridgehead atoms. The molecule has 3 heterocycles. The highest BCUT2D eigenvalue weighted by molar-refractivity contribution is 6.00. The van der Waals surface area contributed by atoms with Crippen LogP contribution in [0.1, 0.15) is 6.92 Å². The smallest absolute Gasteiger partial charge is 0.323 e. The van der Waals surface area contributed by atoms with Crippen molar-refractivity contribution in [2.45, 2.75) is 6.92 Å². The number of nitrogens with zero attached hydrogens (tertiary/aromatic N) is 3. The van der Waals surface area contributed by atoms with Crippen LogP contribution < -0.4 is 20.9 Å². The fourth-order valence-corrected chi connectivity index (χ4v) is 4.69. The summed E-state index contributed by atoms with van der Waals surface area (Å²) in [4.78, 5) is 35.8. The van der Waals surface area contributed by atoms with Crippen LogP contribution in [0, 0.1) is 0 Å². The molecular weight excluding hydrogens is 520 g/mol. The van der Waals surface area contributed by atoms with Gasteiger partial charge in [-0.15, -0.1) is 0 Å². The molecule has 206 valence electrons. The van der Waals surface area contributed by atoms with Crippen LogP contribution in [0.25, 0.3) is 33.6 Å². The van der Waals surface area contributed by atoms with Crippen molar-refractivity contribution in [2.75, 3.05) is 47.2 Å². The maximum absolute atomic E-state index is 12.6. The molecule has 6 rings (SSSR count). The molecule has 3 aromatic carbocycles. The molecule has 2 aromatic heterocycles. The number of morpholine rings is 1. The molecule has 0 spiro atoms. The number of benzene rings is 3. The first kappa shape index (κ1) is 26.0. The van der Waals surface area contributed by atoms with Crippen LogP contribution in [0.3, 0.4) is 0 Å². The van der Waals surface area contributed by atoms with Crippen molar-refractivity contribution in [1.29, 1.82) is 0 Å². The highest BCUT2D eigenvalue weighted by Gasteiger charge is 2.19. The second-order valence-corrected chi connectivity index (χ2v) is 9.59. The van der Waals surface area contributed by atoms with Crippen molar-refractivity contribution in [2.24, 2.45) is 0 Å². The quantitative estimate of drug-likeness (QED) is 0.238. The third-order valence-electron chi connectivity index (χ3n) is 6.66. The Kier molecular flexibility index (Phi) is 7.29. The van der Waals surface area contributed by atoms with Crippen molar-refractivity contribution < 1.29 is 18.7 Å². The van der Waals surface area contributed by atoms with E-state index >= 15 is 0 Å². The van der Waals surface area contributed by atoms with Gasteiger partial charge in [-0.3, -0.25) is 4.79 Å². The summed E-state index contributed by atoms with van der Waals surface area (Å²) in [5.41, 5.74) is 4.46. The van der Waals surface area contributed by atoms with Crippen LogP contribution in [0.2, 0.25) is 0 Å². The van der Waals surface area contributed by atoms with E-state index in [0.29, 0.717) is 36.1 Å². The summed E-state index contributed by atoms with van der Waals surface area (Å²) in [7, 11) is 0. The molecule has 0 unspecified atom stereocenters. The summed E-state index contributed by atoms with van der Waals surface area (Å²) >= 11 is 0. The summed E-state index contributed by atoms with van der Waals surface area (Å²) in [5, 5.41) is 9.28. The molecule has 0 atom stereocenters. The zero-order chi connectivity index (χ0) is 28.2. The van der Waals surface area contributed by atoms with Crippen LogP contribution >= 0.6 is 0 Å². The highest BCUT2D eigenvalue weighted by atomic mass is 16.5. The Hall–Kier alpha value is -5.22. The lowest BCUT2D eigenvalue weighted by Crippen LogP contribution is -2.37. The zero-order valence-electron chi connectivity index (χ0n) is 22.4. The van der Waals surface area contributed by atoms with E-state index in [9.17, 15) is 9.59 Å². The largest absolute Gasteiger partial charge is 0.464 e. The van der Waals surface area contributed by atoms with Crippen molar-refractivity contribution in [3.8, 4) is 22.7 Å². The predicted molar refractivity (Wildman–Crippen MR) is 159 cm³/mol. The average molecular weight is 549 g/mol. The standard InChI is InChI=1S/C31H28N6O4/c1-20(38)32-23-9-11-25(12-10-23)34-31(39)33-24-7-4-21(5-8-24)29-35-27-19-22(28-3-2-16-41-28)6-13-26(27)30(36-29)37-14-17-40-18-15-37/h2-13,16,19H,14-15,17-18H2,1H3,(H,32,38)(H2,33,34,39). The number of amides is 3. The van der Waals surface area contributed by atoms with Crippen molar-refractivity contribution in [1.82, 2.24) is 9.97 Å². The number of furan rings is 1. The minimum absolute atomic E-state index is 0.156. The summed E-state index contributed by atoms with van der Waals surface area (Å²) in [6.07, 6.45) is 1.66. The van der Waals surface area contributed by atoms with Gasteiger partial charge in [0.25, 0.3) is 0 Å². The molecule has 5 aromatic rings. The Bertz CT molecular complexity index is 1680. The molecular formula is C31H28N6O4. The molecule has 1 aliphatic heterocycles. The first-order valence-electron chi connectivity index (χ1n) is 13.3. The lowest BCUT2D eigenvalue weighted by molar-refractivity contribution is -0.114. The van der Waals surface area contributed by atoms with E-state index in [1.165, 1.54) is 6.92 Å². The van der Waals surface area contributed by atoms with Gasteiger partial charge in [-0.2, -0.15) is 0 Å². The number of carbonyl (C=O) groups is 2. The second-order valence-electron chi connectivity index (χ2n) is 9.59. The number of aromatic nitrogens is 2. The monoisotopic (exact) mass is 548 g/mol.